The Morgan fingerprint density at radius 1 is 1.14 bits per heavy atom. The van der Waals surface area contributed by atoms with Gasteiger partial charge in [0.2, 0.25) is 10.0 Å². The van der Waals surface area contributed by atoms with Gasteiger partial charge in [0.05, 0.1) is 28.6 Å². The molecule has 3 rings (SSSR count). The molecule has 0 aliphatic carbocycles. The van der Waals surface area contributed by atoms with Gasteiger partial charge in [0, 0.05) is 13.1 Å². The number of carbonyl (C=O) groups is 1. The molecule has 29 heavy (non-hydrogen) atoms. The second-order valence-electron chi connectivity index (χ2n) is 6.69. The molecule has 0 radical (unpaired) electrons. The van der Waals surface area contributed by atoms with E-state index in [0.29, 0.717) is 5.56 Å². The number of benzene rings is 2. The van der Waals surface area contributed by atoms with Crippen LogP contribution in [0, 0.1) is 0 Å². The van der Waals surface area contributed by atoms with Gasteiger partial charge in [0.1, 0.15) is 5.75 Å². The number of nitrogens with zero attached hydrogens (tertiary/aromatic N) is 1. The number of hydrogen-bond donors (Lipinski definition) is 1. The third-order valence-electron chi connectivity index (χ3n) is 4.94. The maximum Gasteiger partial charge on any atom is 0.252 e. The average molecular weight is 439 g/mol. The summed E-state index contributed by atoms with van der Waals surface area (Å²) < 4.78 is 57.9. The van der Waals surface area contributed by atoms with Gasteiger partial charge in [0.15, 0.2) is 9.84 Å². The number of amides is 1. The zero-order chi connectivity index (χ0) is 21.2. The summed E-state index contributed by atoms with van der Waals surface area (Å²) in [4.78, 5) is 11.5. The van der Waals surface area contributed by atoms with Crippen molar-refractivity contribution < 1.29 is 26.4 Å². The number of carbonyl (C=O) groups excluding carboxylic acids is 1. The van der Waals surface area contributed by atoms with Crippen LogP contribution in [0.3, 0.4) is 0 Å². The van der Waals surface area contributed by atoms with Crippen LogP contribution >= 0.6 is 0 Å². The van der Waals surface area contributed by atoms with E-state index in [-0.39, 0.29) is 41.5 Å². The first kappa shape index (κ1) is 21.3. The van der Waals surface area contributed by atoms with Gasteiger partial charge in [-0.05, 0) is 30.2 Å². The minimum atomic E-state index is -4.02. The second-order valence-corrected chi connectivity index (χ2v) is 10.9. The summed E-state index contributed by atoms with van der Waals surface area (Å²) in [6, 6.07) is 12.6. The smallest absolute Gasteiger partial charge is 0.252 e. The number of rotatable bonds is 5. The third kappa shape index (κ3) is 4.29. The molecule has 2 N–H and O–H groups in total. The fraction of sp³-hybridized carbons (Fsp3) is 0.316. The van der Waals surface area contributed by atoms with E-state index in [4.69, 9.17) is 10.5 Å². The number of methoxy groups -OCH3 is 1. The molecule has 10 heteroatoms. The molecule has 1 saturated heterocycles. The number of ether oxygens (including phenoxy) is 1. The lowest BCUT2D eigenvalue weighted by Crippen LogP contribution is -2.33. The van der Waals surface area contributed by atoms with Crippen LogP contribution in [0.1, 0.15) is 27.6 Å². The highest BCUT2D eigenvalue weighted by Crippen LogP contribution is 2.32. The molecular formula is C19H22N2O6S2. The molecule has 0 spiro atoms. The molecule has 1 heterocycles. The van der Waals surface area contributed by atoms with Gasteiger partial charge in [-0.3, -0.25) is 4.79 Å². The molecule has 0 saturated carbocycles. The zero-order valence-electron chi connectivity index (χ0n) is 15.8. The minimum Gasteiger partial charge on any atom is -0.496 e. The normalized spacial score (nSPS) is 20.0. The van der Waals surface area contributed by atoms with E-state index in [0.717, 1.165) is 10.4 Å². The van der Waals surface area contributed by atoms with Crippen molar-refractivity contribution >= 4 is 25.8 Å². The monoisotopic (exact) mass is 438 g/mol. The second kappa shape index (κ2) is 8.13. The highest BCUT2D eigenvalue weighted by Gasteiger charge is 2.35. The van der Waals surface area contributed by atoms with Crippen LogP contribution in [0.2, 0.25) is 0 Å². The lowest BCUT2D eigenvalue weighted by molar-refractivity contribution is 0.0997. The van der Waals surface area contributed by atoms with Gasteiger partial charge in [-0.15, -0.1) is 0 Å². The fourth-order valence-corrected chi connectivity index (χ4v) is 6.79. The summed E-state index contributed by atoms with van der Waals surface area (Å²) in [5.74, 6) is -0.939. The van der Waals surface area contributed by atoms with E-state index < -0.39 is 31.0 Å². The molecular weight excluding hydrogens is 416 g/mol. The topological polar surface area (TPSA) is 124 Å². The maximum atomic E-state index is 13.1. The summed E-state index contributed by atoms with van der Waals surface area (Å²) in [6.45, 7) is -0.120. The van der Waals surface area contributed by atoms with Crippen LogP contribution in [0.5, 0.6) is 5.75 Å². The van der Waals surface area contributed by atoms with Gasteiger partial charge in [-0.2, -0.15) is 4.31 Å². The van der Waals surface area contributed by atoms with Crippen LogP contribution < -0.4 is 10.5 Å². The van der Waals surface area contributed by atoms with Crippen molar-refractivity contribution in [3.63, 3.8) is 0 Å². The van der Waals surface area contributed by atoms with Crippen LogP contribution in [0.4, 0.5) is 0 Å². The Balaban J connectivity index is 1.93. The van der Waals surface area contributed by atoms with E-state index in [2.05, 4.69) is 0 Å². The maximum absolute atomic E-state index is 13.1. The summed E-state index contributed by atoms with van der Waals surface area (Å²) in [6.07, 6.45) is 0.143. The van der Waals surface area contributed by atoms with E-state index >= 15 is 0 Å². The average Bonchev–Trinajstić information content (AvgIpc) is 2.86. The first-order valence-electron chi connectivity index (χ1n) is 8.91. The minimum absolute atomic E-state index is 0.0407. The van der Waals surface area contributed by atoms with E-state index in [1.165, 1.54) is 19.2 Å². The van der Waals surface area contributed by atoms with E-state index in [9.17, 15) is 21.6 Å². The van der Waals surface area contributed by atoms with Gasteiger partial charge < -0.3 is 10.5 Å². The van der Waals surface area contributed by atoms with E-state index in [1.807, 2.05) is 0 Å². The van der Waals surface area contributed by atoms with Crippen molar-refractivity contribution in [3.8, 4) is 5.75 Å². The molecule has 2 aromatic carbocycles. The number of sulfone groups is 1. The quantitative estimate of drug-likeness (QED) is 0.751. The first-order valence-corrected chi connectivity index (χ1v) is 12.1. The van der Waals surface area contributed by atoms with Crippen molar-refractivity contribution in [1.29, 1.82) is 0 Å². The van der Waals surface area contributed by atoms with Crippen LogP contribution in [-0.4, -0.2) is 53.0 Å². The predicted molar refractivity (Wildman–Crippen MR) is 108 cm³/mol. The fourth-order valence-electron chi connectivity index (χ4n) is 3.40. The van der Waals surface area contributed by atoms with Crippen LogP contribution in [0.15, 0.2) is 53.4 Å². The Kier molecular flexibility index (Phi) is 5.97. The number of primary amides is 1. The Bertz CT molecular complexity index is 1110. The van der Waals surface area contributed by atoms with Gasteiger partial charge >= 0.3 is 0 Å². The predicted octanol–water partition coefficient (Wildman–Crippen LogP) is 1.34. The zero-order valence-corrected chi connectivity index (χ0v) is 17.4. The molecule has 0 unspecified atom stereocenters. The highest BCUT2D eigenvalue weighted by atomic mass is 32.2. The summed E-state index contributed by atoms with van der Waals surface area (Å²) >= 11 is 0. The van der Waals surface area contributed by atoms with Crippen molar-refractivity contribution in [3.05, 3.63) is 59.7 Å². The molecule has 1 aliphatic heterocycles. The molecule has 1 atom stereocenters. The third-order valence-corrected chi connectivity index (χ3v) is 8.97. The molecule has 0 bridgehead atoms. The molecule has 156 valence electrons. The van der Waals surface area contributed by atoms with Crippen LogP contribution in [0.25, 0.3) is 0 Å². The van der Waals surface area contributed by atoms with Gasteiger partial charge in [-0.25, -0.2) is 16.8 Å². The molecule has 1 aliphatic rings. The first-order chi connectivity index (χ1) is 13.7. The molecule has 2 aromatic rings. The lowest BCUT2D eigenvalue weighted by Gasteiger charge is -2.20. The molecule has 8 nitrogen and oxygen atoms in total. The van der Waals surface area contributed by atoms with Crippen molar-refractivity contribution in [2.24, 2.45) is 5.73 Å². The van der Waals surface area contributed by atoms with Crippen molar-refractivity contribution in [2.75, 3.05) is 26.0 Å². The summed E-state index contributed by atoms with van der Waals surface area (Å²) in [7, 11) is -6.19. The summed E-state index contributed by atoms with van der Waals surface area (Å²) in [5, 5.41) is -0.763. The molecule has 1 amide bonds. The Morgan fingerprint density at radius 2 is 1.83 bits per heavy atom. The Hall–Kier alpha value is -2.43. The highest BCUT2D eigenvalue weighted by molar-refractivity contribution is 7.92. The molecule has 1 fully saturated rings. The molecule has 0 aromatic heterocycles. The SMILES string of the molecule is COc1ccc(S(=O)(=O)N2CC[C@H](c3ccccc3)S(=O)(=O)CC2)cc1C(N)=O. The van der Waals surface area contributed by atoms with Gasteiger partial charge in [-0.1, -0.05) is 30.3 Å². The van der Waals surface area contributed by atoms with Crippen LogP contribution in [-0.2, 0) is 19.9 Å². The van der Waals surface area contributed by atoms with Crippen molar-refractivity contribution in [2.45, 2.75) is 16.6 Å². The number of nitrogens with two attached hydrogens (primary N) is 1. The standard InChI is InChI=1S/C19H22N2O6S2/c1-27-17-8-7-15(13-16(17)19(20)22)29(25,26)21-10-9-18(28(23,24)12-11-21)14-5-3-2-4-6-14/h2-8,13,18H,9-12H2,1H3,(H2,20,22)/t18-/m1/s1. The van der Waals surface area contributed by atoms with Gasteiger partial charge in [0.25, 0.3) is 5.91 Å². The Morgan fingerprint density at radius 3 is 2.45 bits per heavy atom. The summed E-state index contributed by atoms with van der Waals surface area (Å²) in [5.41, 5.74) is 5.91. The van der Waals surface area contributed by atoms with E-state index in [1.54, 1.807) is 30.3 Å². The Labute approximate surface area is 170 Å². The largest absolute Gasteiger partial charge is 0.496 e. The lowest BCUT2D eigenvalue weighted by atomic mass is 10.1. The van der Waals surface area contributed by atoms with Crippen molar-refractivity contribution in [1.82, 2.24) is 4.31 Å². The number of hydrogen-bond acceptors (Lipinski definition) is 6. The number of sulfonamides is 1.